The Kier molecular flexibility index (Phi) is 8.44. The van der Waals surface area contributed by atoms with Crippen LogP contribution in [0.15, 0.2) is 18.3 Å². The molecule has 0 saturated carbocycles. The molecule has 1 aliphatic rings. The third-order valence-corrected chi connectivity index (χ3v) is 6.01. The quantitative estimate of drug-likeness (QED) is 0.788. The summed E-state index contributed by atoms with van der Waals surface area (Å²) in [5.41, 5.74) is 0.547. The van der Waals surface area contributed by atoms with Gasteiger partial charge in [-0.05, 0) is 32.0 Å². The fourth-order valence-corrected chi connectivity index (χ4v) is 3.92. The smallest absolute Gasteiger partial charge is 0.245 e. The predicted molar refractivity (Wildman–Crippen MR) is 101 cm³/mol. The van der Waals surface area contributed by atoms with E-state index in [2.05, 4.69) is 15.6 Å². The summed E-state index contributed by atoms with van der Waals surface area (Å²) < 4.78 is 23.1. The average Bonchev–Trinajstić information content (AvgIpc) is 2.47. The maximum Gasteiger partial charge on any atom is 0.245 e. The van der Waals surface area contributed by atoms with Crippen LogP contribution in [-0.4, -0.2) is 57.5 Å². The summed E-state index contributed by atoms with van der Waals surface area (Å²) in [6.07, 6.45) is 3.28. The Morgan fingerprint density at radius 2 is 1.88 bits per heavy atom. The lowest BCUT2D eigenvalue weighted by Crippen LogP contribution is -2.55. The van der Waals surface area contributed by atoms with Crippen molar-refractivity contribution in [2.45, 2.75) is 17.6 Å². The van der Waals surface area contributed by atoms with Gasteiger partial charge >= 0.3 is 0 Å². The van der Waals surface area contributed by atoms with Gasteiger partial charge in [-0.25, -0.2) is 13.4 Å². The van der Waals surface area contributed by atoms with Crippen molar-refractivity contribution in [3.8, 4) is 0 Å². The predicted octanol–water partition coefficient (Wildman–Crippen LogP) is 1.10. The standard InChI is InChI=1S/C14H22N4O3S.2ClH/c1-18(2)12-10-11(4-7-16-12)17-13(19)14(22(3,20)21)5-8-15-9-6-14;;/h4,7,10,15H,5-6,8-9H2,1-3H3,(H,16,17,19);2*1H. The molecular weight excluding hydrogens is 375 g/mol. The van der Waals surface area contributed by atoms with Crippen LogP contribution in [0.25, 0.3) is 0 Å². The summed E-state index contributed by atoms with van der Waals surface area (Å²) in [5, 5.41) is 5.83. The molecule has 0 atom stereocenters. The van der Waals surface area contributed by atoms with Crippen LogP contribution in [0, 0.1) is 0 Å². The number of sulfone groups is 1. The molecule has 2 rings (SSSR count). The fourth-order valence-electron chi connectivity index (χ4n) is 2.58. The Morgan fingerprint density at radius 1 is 1.29 bits per heavy atom. The molecule has 10 heteroatoms. The number of halogens is 2. The summed E-state index contributed by atoms with van der Waals surface area (Å²) in [6.45, 7) is 1.03. The van der Waals surface area contributed by atoms with Gasteiger partial charge in [0.1, 0.15) is 5.82 Å². The molecule has 0 bridgehead atoms. The number of anilines is 2. The molecule has 1 aromatic rings. The second-order valence-electron chi connectivity index (χ2n) is 5.77. The van der Waals surface area contributed by atoms with Crippen LogP contribution in [0.5, 0.6) is 0 Å². The zero-order chi connectivity index (χ0) is 16.4. The number of amides is 1. The fraction of sp³-hybridized carbons (Fsp3) is 0.571. The molecular formula is C14H24Cl2N4O3S. The van der Waals surface area contributed by atoms with E-state index in [1.165, 1.54) is 0 Å². The lowest BCUT2D eigenvalue weighted by molar-refractivity contribution is -0.119. The van der Waals surface area contributed by atoms with E-state index in [0.29, 0.717) is 24.6 Å². The number of hydrogen-bond acceptors (Lipinski definition) is 6. The highest BCUT2D eigenvalue weighted by Gasteiger charge is 2.48. The molecule has 1 aromatic heterocycles. The van der Waals surface area contributed by atoms with Crippen LogP contribution in [0.1, 0.15) is 12.8 Å². The third kappa shape index (κ3) is 4.72. The summed E-state index contributed by atoms with van der Waals surface area (Å²) in [6, 6.07) is 3.37. The molecule has 1 fully saturated rings. The molecule has 1 aliphatic heterocycles. The first kappa shape index (κ1) is 22.9. The largest absolute Gasteiger partial charge is 0.363 e. The van der Waals surface area contributed by atoms with Crippen molar-refractivity contribution in [1.82, 2.24) is 10.3 Å². The van der Waals surface area contributed by atoms with Gasteiger partial charge in [0.25, 0.3) is 0 Å². The zero-order valence-electron chi connectivity index (χ0n) is 13.9. The van der Waals surface area contributed by atoms with Crippen molar-refractivity contribution in [3.63, 3.8) is 0 Å². The Balaban J connectivity index is 0.00000264. The van der Waals surface area contributed by atoms with E-state index < -0.39 is 20.5 Å². The first-order chi connectivity index (χ1) is 10.3. The van der Waals surface area contributed by atoms with Gasteiger partial charge < -0.3 is 15.5 Å². The molecule has 2 N–H and O–H groups in total. The monoisotopic (exact) mass is 398 g/mol. The first-order valence-electron chi connectivity index (χ1n) is 7.11. The van der Waals surface area contributed by atoms with Gasteiger partial charge in [0, 0.05) is 38.3 Å². The molecule has 0 aliphatic carbocycles. The normalized spacial score (nSPS) is 16.3. The van der Waals surface area contributed by atoms with Crippen molar-refractivity contribution in [2.75, 3.05) is 43.7 Å². The number of piperidine rings is 1. The van der Waals surface area contributed by atoms with Gasteiger partial charge in [-0.15, -0.1) is 24.8 Å². The lowest BCUT2D eigenvalue weighted by Gasteiger charge is -2.34. The highest BCUT2D eigenvalue weighted by atomic mass is 35.5. The Morgan fingerprint density at radius 3 is 2.38 bits per heavy atom. The van der Waals surface area contributed by atoms with Crippen LogP contribution in [0.4, 0.5) is 11.5 Å². The van der Waals surface area contributed by atoms with E-state index in [1.807, 2.05) is 19.0 Å². The van der Waals surface area contributed by atoms with Gasteiger partial charge in [-0.1, -0.05) is 0 Å². The Hall–Kier alpha value is -1.09. The minimum absolute atomic E-state index is 0. The van der Waals surface area contributed by atoms with E-state index in [9.17, 15) is 13.2 Å². The van der Waals surface area contributed by atoms with Gasteiger partial charge in [0.2, 0.25) is 5.91 Å². The molecule has 2 heterocycles. The minimum Gasteiger partial charge on any atom is -0.363 e. The summed E-state index contributed by atoms with van der Waals surface area (Å²) in [7, 11) is 0.181. The zero-order valence-corrected chi connectivity index (χ0v) is 16.4. The number of nitrogens with one attached hydrogen (secondary N) is 2. The number of hydrogen-bond donors (Lipinski definition) is 2. The summed E-state index contributed by atoms with van der Waals surface area (Å²) in [4.78, 5) is 18.6. The minimum atomic E-state index is -3.51. The van der Waals surface area contributed by atoms with Crippen LogP contribution >= 0.6 is 24.8 Å². The van der Waals surface area contributed by atoms with Crippen molar-refractivity contribution in [1.29, 1.82) is 0 Å². The number of pyridine rings is 1. The number of carbonyl (C=O) groups is 1. The van der Waals surface area contributed by atoms with Crippen LogP contribution in [0.2, 0.25) is 0 Å². The highest BCUT2D eigenvalue weighted by Crippen LogP contribution is 2.29. The second-order valence-corrected chi connectivity index (χ2v) is 8.09. The molecule has 0 radical (unpaired) electrons. The maximum absolute atomic E-state index is 12.7. The van der Waals surface area contributed by atoms with Gasteiger partial charge in [0.15, 0.2) is 14.6 Å². The summed E-state index contributed by atoms with van der Waals surface area (Å²) in [5.74, 6) is 0.226. The van der Waals surface area contributed by atoms with E-state index in [1.54, 1.807) is 18.3 Å². The van der Waals surface area contributed by atoms with Crippen molar-refractivity contribution in [3.05, 3.63) is 18.3 Å². The van der Waals surface area contributed by atoms with Gasteiger partial charge in [-0.3, -0.25) is 4.79 Å². The molecule has 0 spiro atoms. The van der Waals surface area contributed by atoms with Crippen LogP contribution < -0.4 is 15.5 Å². The van der Waals surface area contributed by atoms with Gasteiger partial charge in [0.05, 0.1) is 0 Å². The van der Waals surface area contributed by atoms with E-state index in [0.717, 1.165) is 6.26 Å². The van der Waals surface area contributed by atoms with Crippen molar-refractivity contribution >= 4 is 52.1 Å². The Bertz CT molecular complexity index is 662. The second kappa shape index (κ2) is 8.84. The number of nitrogens with zero attached hydrogens (tertiary/aromatic N) is 2. The van der Waals surface area contributed by atoms with E-state index in [4.69, 9.17) is 0 Å². The van der Waals surface area contributed by atoms with E-state index in [-0.39, 0.29) is 37.7 Å². The highest BCUT2D eigenvalue weighted by molar-refractivity contribution is 7.92. The summed E-state index contributed by atoms with van der Waals surface area (Å²) >= 11 is 0. The molecule has 1 saturated heterocycles. The molecule has 7 nitrogen and oxygen atoms in total. The molecule has 138 valence electrons. The van der Waals surface area contributed by atoms with Crippen molar-refractivity contribution in [2.24, 2.45) is 0 Å². The Labute approximate surface area is 155 Å². The average molecular weight is 399 g/mol. The van der Waals surface area contributed by atoms with Crippen LogP contribution in [-0.2, 0) is 14.6 Å². The number of rotatable bonds is 4. The number of carbonyl (C=O) groups excluding carboxylic acids is 1. The molecule has 0 aromatic carbocycles. The SMILES string of the molecule is CN(C)c1cc(NC(=O)C2(S(C)(=O)=O)CCNCC2)ccn1.Cl.Cl. The number of aromatic nitrogens is 1. The van der Waals surface area contributed by atoms with Crippen molar-refractivity contribution < 1.29 is 13.2 Å². The third-order valence-electron chi connectivity index (χ3n) is 4.00. The first-order valence-corrected chi connectivity index (χ1v) is 9.00. The van der Waals surface area contributed by atoms with E-state index >= 15 is 0 Å². The topological polar surface area (TPSA) is 91.4 Å². The van der Waals surface area contributed by atoms with Gasteiger partial charge in [-0.2, -0.15) is 0 Å². The molecule has 0 unspecified atom stereocenters. The molecule has 24 heavy (non-hydrogen) atoms. The lowest BCUT2D eigenvalue weighted by atomic mass is 9.95. The maximum atomic E-state index is 12.7. The molecule has 1 amide bonds. The van der Waals surface area contributed by atoms with Crippen LogP contribution in [0.3, 0.4) is 0 Å².